The summed E-state index contributed by atoms with van der Waals surface area (Å²) in [5, 5.41) is 9.12. The molecule has 4 nitrogen and oxygen atoms in total. The van der Waals surface area contributed by atoms with E-state index in [2.05, 4.69) is 16.0 Å². The van der Waals surface area contributed by atoms with Gasteiger partial charge in [-0.05, 0) is 19.4 Å². The maximum Gasteiger partial charge on any atom is 0.240 e. The number of hydrogen-bond acceptors (Lipinski definition) is 4. The van der Waals surface area contributed by atoms with Crippen LogP contribution in [0.1, 0.15) is 19.4 Å². The summed E-state index contributed by atoms with van der Waals surface area (Å²) in [6.45, 7) is 3.79. The van der Waals surface area contributed by atoms with Crippen LogP contribution in [0.25, 0.3) is 11.3 Å². The summed E-state index contributed by atoms with van der Waals surface area (Å²) in [6.07, 6.45) is 3.22. The zero-order valence-electron chi connectivity index (χ0n) is 11.2. The summed E-state index contributed by atoms with van der Waals surface area (Å²) >= 11 is 0. The minimum Gasteiger partial charge on any atom is -0.479 e. The van der Waals surface area contributed by atoms with Crippen LogP contribution in [0.2, 0.25) is 0 Å². The Bertz CT molecular complexity index is 612. The molecule has 0 aliphatic heterocycles. The first-order valence-electron chi connectivity index (χ1n) is 5.95. The number of nitrogens with zero attached hydrogens (tertiary/aromatic N) is 3. The second-order valence-corrected chi connectivity index (χ2v) is 4.73. The predicted molar refractivity (Wildman–Crippen MR) is 72.7 cm³/mol. The third kappa shape index (κ3) is 2.55. The topological polar surface area (TPSA) is 58.8 Å². The van der Waals surface area contributed by atoms with Gasteiger partial charge in [0.05, 0.1) is 18.6 Å². The number of ether oxygens (including phenoxy) is 1. The van der Waals surface area contributed by atoms with Gasteiger partial charge < -0.3 is 4.74 Å². The highest BCUT2D eigenvalue weighted by Crippen LogP contribution is 2.28. The molecule has 0 aliphatic rings. The monoisotopic (exact) mass is 253 g/mol. The van der Waals surface area contributed by atoms with E-state index in [1.807, 2.05) is 38.1 Å². The van der Waals surface area contributed by atoms with E-state index in [1.54, 1.807) is 19.5 Å². The molecule has 1 heterocycles. The highest BCUT2D eigenvalue weighted by molar-refractivity contribution is 5.64. The third-order valence-electron chi connectivity index (χ3n) is 3.02. The van der Waals surface area contributed by atoms with E-state index < -0.39 is 5.41 Å². The van der Waals surface area contributed by atoms with Crippen molar-refractivity contribution in [1.29, 1.82) is 5.26 Å². The molecule has 96 valence electrons. The van der Waals surface area contributed by atoms with Gasteiger partial charge in [0.2, 0.25) is 5.88 Å². The van der Waals surface area contributed by atoms with Crippen LogP contribution < -0.4 is 4.74 Å². The van der Waals surface area contributed by atoms with Gasteiger partial charge in [-0.2, -0.15) is 5.26 Å². The molecule has 0 saturated carbocycles. The second kappa shape index (κ2) is 5.07. The average Bonchev–Trinajstić information content (AvgIpc) is 2.47. The summed E-state index contributed by atoms with van der Waals surface area (Å²) < 4.78 is 5.19. The van der Waals surface area contributed by atoms with Gasteiger partial charge in [0.15, 0.2) is 0 Å². The van der Waals surface area contributed by atoms with E-state index in [0.29, 0.717) is 11.6 Å². The summed E-state index contributed by atoms with van der Waals surface area (Å²) in [5.74, 6) is 0.495. The van der Waals surface area contributed by atoms with E-state index in [0.717, 1.165) is 11.1 Å². The molecule has 1 aromatic carbocycles. The van der Waals surface area contributed by atoms with Crippen molar-refractivity contribution in [2.24, 2.45) is 0 Å². The number of rotatable bonds is 3. The standard InChI is InChI=1S/C15H15N3O/c1-15(2,10-16)12-6-4-11(5-7-12)13-14(19-3)18-9-8-17-13/h4-9H,1-3H3. The normalized spacial score (nSPS) is 10.8. The van der Waals surface area contributed by atoms with Crippen molar-refractivity contribution in [3.05, 3.63) is 42.2 Å². The molecule has 1 aromatic heterocycles. The molecule has 0 fully saturated rings. The molecular weight excluding hydrogens is 238 g/mol. The van der Waals surface area contributed by atoms with Gasteiger partial charge in [0.1, 0.15) is 5.69 Å². The van der Waals surface area contributed by atoms with Crippen LogP contribution >= 0.6 is 0 Å². The molecular formula is C15H15N3O. The van der Waals surface area contributed by atoms with Gasteiger partial charge in [-0.3, -0.25) is 0 Å². The highest BCUT2D eigenvalue weighted by atomic mass is 16.5. The Labute approximate surface area is 112 Å². The number of hydrogen-bond donors (Lipinski definition) is 0. The minimum absolute atomic E-state index is 0.495. The van der Waals surface area contributed by atoms with Crippen molar-refractivity contribution in [1.82, 2.24) is 9.97 Å². The average molecular weight is 253 g/mol. The molecule has 0 radical (unpaired) electrons. The van der Waals surface area contributed by atoms with Crippen LogP contribution in [0.5, 0.6) is 5.88 Å². The fourth-order valence-corrected chi connectivity index (χ4v) is 1.78. The molecule has 0 aliphatic carbocycles. The number of nitriles is 1. The van der Waals surface area contributed by atoms with Crippen molar-refractivity contribution in [3.8, 4) is 23.2 Å². The number of methoxy groups -OCH3 is 1. The van der Waals surface area contributed by atoms with E-state index in [-0.39, 0.29) is 0 Å². The summed E-state index contributed by atoms with van der Waals surface area (Å²) in [7, 11) is 1.57. The highest BCUT2D eigenvalue weighted by Gasteiger charge is 2.19. The third-order valence-corrected chi connectivity index (χ3v) is 3.02. The van der Waals surface area contributed by atoms with Crippen molar-refractivity contribution in [3.63, 3.8) is 0 Å². The summed E-state index contributed by atoms with van der Waals surface area (Å²) in [6, 6.07) is 10.0. The largest absolute Gasteiger partial charge is 0.479 e. The first-order chi connectivity index (χ1) is 9.08. The number of benzene rings is 1. The first kappa shape index (κ1) is 13.0. The van der Waals surface area contributed by atoms with Crippen molar-refractivity contribution in [2.75, 3.05) is 7.11 Å². The fraction of sp³-hybridized carbons (Fsp3) is 0.267. The molecule has 0 atom stereocenters. The molecule has 0 amide bonds. The lowest BCUT2D eigenvalue weighted by atomic mass is 9.86. The Kier molecular flexibility index (Phi) is 3.48. The van der Waals surface area contributed by atoms with Crippen LogP contribution in [-0.2, 0) is 5.41 Å². The second-order valence-electron chi connectivity index (χ2n) is 4.73. The van der Waals surface area contributed by atoms with Gasteiger partial charge in [0.25, 0.3) is 0 Å². The molecule has 2 rings (SSSR count). The molecule has 19 heavy (non-hydrogen) atoms. The van der Waals surface area contributed by atoms with Crippen LogP contribution in [0, 0.1) is 11.3 Å². The van der Waals surface area contributed by atoms with Crippen molar-refractivity contribution >= 4 is 0 Å². The molecule has 4 heteroatoms. The Morgan fingerprint density at radius 2 is 1.74 bits per heavy atom. The van der Waals surface area contributed by atoms with Crippen molar-refractivity contribution in [2.45, 2.75) is 19.3 Å². The van der Waals surface area contributed by atoms with Gasteiger partial charge in [-0.1, -0.05) is 24.3 Å². The quantitative estimate of drug-likeness (QED) is 0.843. The van der Waals surface area contributed by atoms with Crippen LogP contribution in [-0.4, -0.2) is 17.1 Å². The SMILES string of the molecule is COc1nccnc1-c1ccc(C(C)(C)C#N)cc1. The Morgan fingerprint density at radius 3 is 2.32 bits per heavy atom. The van der Waals surface area contributed by atoms with Crippen molar-refractivity contribution < 1.29 is 4.74 Å². The molecule has 0 spiro atoms. The molecule has 0 saturated heterocycles. The van der Waals surface area contributed by atoms with E-state index in [1.165, 1.54) is 0 Å². The maximum absolute atomic E-state index is 9.12. The lowest BCUT2D eigenvalue weighted by Crippen LogP contribution is -2.13. The first-order valence-corrected chi connectivity index (χ1v) is 5.95. The smallest absolute Gasteiger partial charge is 0.240 e. The lowest BCUT2D eigenvalue weighted by molar-refractivity contribution is 0.398. The lowest BCUT2D eigenvalue weighted by Gasteiger charge is -2.16. The molecule has 2 aromatic rings. The number of aromatic nitrogens is 2. The van der Waals surface area contributed by atoms with E-state index in [9.17, 15) is 0 Å². The zero-order chi connectivity index (χ0) is 13.9. The zero-order valence-corrected chi connectivity index (χ0v) is 11.2. The van der Waals surface area contributed by atoms with Gasteiger partial charge >= 0.3 is 0 Å². The molecule has 0 N–H and O–H groups in total. The van der Waals surface area contributed by atoms with Gasteiger partial charge in [-0.15, -0.1) is 0 Å². The molecule has 0 bridgehead atoms. The Morgan fingerprint density at radius 1 is 1.11 bits per heavy atom. The van der Waals surface area contributed by atoms with E-state index in [4.69, 9.17) is 10.00 Å². The summed E-state index contributed by atoms with van der Waals surface area (Å²) in [4.78, 5) is 8.40. The predicted octanol–water partition coefficient (Wildman–Crippen LogP) is 2.95. The fourth-order valence-electron chi connectivity index (χ4n) is 1.78. The van der Waals surface area contributed by atoms with Gasteiger partial charge in [0, 0.05) is 18.0 Å². The Balaban J connectivity index is 2.41. The molecule has 0 unspecified atom stereocenters. The van der Waals surface area contributed by atoms with Crippen LogP contribution in [0.3, 0.4) is 0 Å². The van der Waals surface area contributed by atoms with E-state index >= 15 is 0 Å². The van der Waals surface area contributed by atoms with Crippen LogP contribution in [0.4, 0.5) is 0 Å². The Hall–Kier alpha value is -2.41. The van der Waals surface area contributed by atoms with Crippen LogP contribution in [0.15, 0.2) is 36.7 Å². The minimum atomic E-state index is -0.495. The summed E-state index contributed by atoms with van der Waals surface area (Å²) in [5.41, 5.74) is 2.10. The maximum atomic E-state index is 9.12. The van der Waals surface area contributed by atoms with Gasteiger partial charge in [-0.25, -0.2) is 9.97 Å².